The second-order valence-electron chi connectivity index (χ2n) is 2.87. The summed E-state index contributed by atoms with van der Waals surface area (Å²) in [5.41, 5.74) is 0. The molecule has 5 heteroatoms. The van der Waals surface area contributed by atoms with Crippen molar-refractivity contribution >= 4 is 18.4 Å². The second kappa shape index (κ2) is 4.64. The van der Waals surface area contributed by atoms with Gasteiger partial charge in [-0.25, -0.2) is 0 Å². The second-order valence-corrected chi connectivity index (χ2v) is 2.87. The van der Waals surface area contributed by atoms with Crippen molar-refractivity contribution in [3.63, 3.8) is 0 Å². The van der Waals surface area contributed by atoms with Crippen molar-refractivity contribution < 1.29 is 14.6 Å². The number of likely N-dealkylation sites (tertiary alicyclic amines) is 1. The van der Waals surface area contributed by atoms with E-state index in [2.05, 4.69) is 4.74 Å². The van der Waals surface area contributed by atoms with E-state index in [-0.39, 0.29) is 30.5 Å². The van der Waals surface area contributed by atoms with E-state index in [1.165, 1.54) is 7.11 Å². The highest BCUT2D eigenvalue weighted by molar-refractivity contribution is 5.85. The van der Waals surface area contributed by atoms with Gasteiger partial charge in [0.05, 0.1) is 13.2 Å². The van der Waals surface area contributed by atoms with Gasteiger partial charge in [0.1, 0.15) is 6.04 Å². The molecular formula is C7H14ClNO3. The standard InChI is InChI=1S/C7H13NO3.ClH/c1-8-4-5(9)3-6(8)7(10)11-2;/h5-6,9H,3-4H2,1-2H3;1H/t5-,6+;/m1./s1. The molecule has 1 N–H and O–H groups in total. The highest BCUT2D eigenvalue weighted by Gasteiger charge is 2.33. The van der Waals surface area contributed by atoms with Crippen LogP contribution in [-0.2, 0) is 9.53 Å². The zero-order valence-corrected chi connectivity index (χ0v) is 8.00. The Morgan fingerprint density at radius 2 is 2.25 bits per heavy atom. The summed E-state index contributed by atoms with van der Waals surface area (Å²) in [5.74, 6) is -0.260. The van der Waals surface area contributed by atoms with E-state index >= 15 is 0 Å². The van der Waals surface area contributed by atoms with Crippen molar-refractivity contribution in [3.05, 3.63) is 0 Å². The summed E-state index contributed by atoms with van der Waals surface area (Å²) < 4.78 is 4.56. The molecule has 0 spiro atoms. The summed E-state index contributed by atoms with van der Waals surface area (Å²) in [7, 11) is 3.17. The van der Waals surface area contributed by atoms with Crippen LogP contribution in [0.1, 0.15) is 6.42 Å². The van der Waals surface area contributed by atoms with E-state index in [1.54, 1.807) is 11.9 Å². The topological polar surface area (TPSA) is 49.8 Å². The summed E-state index contributed by atoms with van der Waals surface area (Å²) >= 11 is 0. The van der Waals surface area contributed by atoms with Gasteiger partial charge in [0.15, 0.2) is 0 Å². The number of ether oxygens (including phenoxy) is 1. The minimum Gasteiger partial charge on any atom is -0.468 e. The average Bonchev–Trinajstić information content (AvgIpc) is 2.28. The molecule has 2 atom stereocenters. The Labute approximate surface area is 77.9 Å². The molecule has 0 aromatic carbocycles. The number of rotatable bonds is 1. The first-order valence-electron chi connectivity index (χ1n) is 3.61. The lowest BCUT2D eigenvalue weighted by atomic mass is 10.2. The molecule has 12 heavy (non-hydrogen) atoms. The van der Waals surface area contributed by atoms with Gasteiger partial charge in [-0.2, -0.15) is 0 Å². The Morgan fingerprint density at radius 3 is 2.58 bits per heavy atom. The number of esters is 1. The van der Waals surface area contributed by atoms with E-state index in [1.807, 2.05) is 0 Å². The van der Waals surface area contributed by atoms with Crippen molar-refractivity contribution in [3.8, 4) is 0 Å². The maximum absolute atomic E-state index is 11.0. The van der Waals surface area contributed by atoms with Crippen LogP contribution < -0.4 is 0 Å². The highest BCUT2D eigenvalue weighted by atomic mass is 35.5. The van der Waals surface area contributed by atoms with Crippen LogP contribution in [0.5, 0.6) is 0 Å². The first kappa shape index (κ1) is 11.7. The molecule has 0 saturated carbocycles. The van der Waals surface area contributed by atoms with Crippen molar-refractivity contribution in [2.24, 2.45) is 0 Å². The van der Waals surface area contributed by atoms with Crippen molar-refractivity contribution in [2.75, 3.05) is 20.7 Å². The number of nitrogens with zero attached hydrogens (tertiary/aromatic N) is 1. The zero-order chi connectivity index (χ0) is 8.43. The molecule has 72 valence electrons. The predicted molar refractivity (Wildman–Crippen MR) is 46.3 cm³/mol. The van der Waals surface area contributed by atoms with Crippen LogP contribution in [-0.4, -0.2) is 48.8 Å². The van der Waals surface area contributed by atoms with E-state index in [4.69, 9.17) is 5.11 Å². The van der Waals surface area contributed by atoms with Gasteiger partial charge in [0.2, 0.25) is 0 Å². The molecule has 0 bridgehead atoms. The lowest BCUT2D eigenvalue weighted by Gasteiger charge is -2.15. The molecule has 0 aliphatic carbocycles. The van der Waals surface area contributed by atoms with Gasteiger partial charge in [0, 0.05) is 13.0 Å². The molecule has 4 nitrogen and oxygen atoms in total. The fourth-order valence-electron chi connectivity index (χ4n) is 1.38. The fourth-order valence-corrected chi connectivity index (χ4v) is 1.38. The van der Waals surface area contributed by atoms with Gasteiger partial charge in [-0.15, -0.1) is 12.4 Å². The van der Waals surface area contributed by atoms with Crippen LogP contribution >= 0.6 is 12.4 Å². The summed E-state index contributed by atoms with van der Waals surface area (Å²) in [6.45, 7) is 0.555. The van der Waals surface area contributed by atoms with Crippen molar-refractivity contribution in [2.45, 2.75) is 18.6 Å². The van der Waals surface area contributed by atoms with Crippen molar-refractivity contribution in [1.82, 2.24) is 4.90 Å². The van der Waals surface area contributed by atoms with Crippen LogP contribution in [0.3, 0.4) is 0 Å². The maximum atomic E-state index is 11.0. The summed E-state index contributed by atoms with van der Waals surface area (Å²) in [6.07, 6.45) is 0.104. The lowest BCUT2D eigenvalue weighted by Crippen LogP contribution is -2.33. The van der Waals surface area contributed by atoms with Crippen LogP contribution in [0.2, 0.25) is 0 Å². The van der Waals surface area contributed by atoms with E-state index in [0.29, 0.717) is 13.0 Å². The number of likely N-dealkylation sites (N-methyl/N-ethyl adjacent to an activating group) is 1. The zero-order valence-electron chi connectivity index (χ0n) is 7.19. The number of hydrogen-bond acceptors (Lipinski definition) is 4. The molecule has 0 amide bonds. The van der Waals surface area contributed by atoms with Crippen molar-refractivity contribution in [1.29, 1.82) is 0 Å². The third-order valence-electron chi connectivity index (χ3n) is 2.00. The summed E-state index contributed by atoms with van der Waals surface area (Å²) in [6, 6.07) is -0.255. The third kappa shape index (κ3) is 2.33. The maximum Gasteiger partial charge on any atom is 0.323 e. The minimum absolute atomic E-state index is 0. The third-order valence-corrected chi connectivity index (χ3v) is 2.00. The summed E-state index contributed by atoms with van der Waals surface area (Å²) in [5, 5.41) is 9.16. The molecule has 1 aliphatic heterocycles. The SMILES string of the molecule is COC(=O)[C@@H]1C[C@@H](O)CN1C.Cl. The number of methoxy groups -OCH3 is 1. The van der Waals surface area contributed by atoms with Crippen LogP contribution in [0.15, 0.2) is 0 Å². The minimum atomic E-state index is -0.385. The Kier molecular flexibility index (Phi) is 4.52. The molecule has 1 saturated heterocycles. The van der Waals surface area contributed by atoms with Gasteiger partial charge in [0.25, 0.3) is 0 Å². The van der Waals surface area contributed by atoms with Gasteiger partial charge in [-0.1, -0.05) is 0 Å². The quantitative estimate of drug-likeness (QED) is 0.581. The fraction of sp³-hybridized carbons (Fsp3) is 0.857. The molecule has 1 rings (SSSR count). The van der Waals surface area contributed by atoms with Gasteiger partial charge in [-0.05, 0) is 7.05 Å². The molecule has 0 aromatic rings. The molecule has 1 aliphatic rings. The number of aliphatic hydroxyl groups excluding tert-OH is 1. The lowest BCUT2D eigenvalue weighted by molar-refractivity contribution is -0.145. The highest BCUT2D eigenvalue weighted by Crippen LogP contribution is 2.16. The van der Waals surface area contributed by atoms with Gasteiger partial charge >= 0.3 is 5.97 Å². The number of hydrogen-bond donors (Lipinski definition) is 1. The molecule has 1 fully saturated rings. The average molecular weight is 196 g/mol. The molecular weight excluding hydrogens is 182 g/mol. The Hall–Kier alpha value is -0.320. The Balaban J connectivity index is 0.00000121. The van der Waals surface area contributed by atoms with Crippen LogP contribution in [0.25, 0.3) is 0 Å². The van der Waals surface area contributed by atoms with E-state index < -0.39 is 0 Å². The van der Waals surface area contributed by atoms with Crippen LogP contribution in [0, 0.1) is 0 Å². The number of aliphatic hydroxyl groups is 1. The summed E-state index contributed by atoms with van der Waals surface area (Å²) in [4.78, 5) is 12.8. The van der Waals surface area contributed by atoms with Gasteiger partial charge in [-0.3, -0.25) is 9.69 Å². The molecule has 0 unspecified atom stereocenters. The first-order chi connectivity index (χ1) is 5.15. The number of halogens is 1. The molecule has 1 heterocycles. The normalized spacial score (nSPS) is 29.6. The Bertz CT molecular complexity index is 165. The van der Waals surface area contributed by atoms with E-state index in [9.17, 15) is 4.79 Å². The monoisotopic (exact) mass is 195 g/mol. The largest absolute Gasteiger partial charge is 0.468 e. The molecule has 0 aromatic heterocycles. The van der Waals surface area contributed by atoms with Crippen LogP contribution in [0.4, 0.5) is 0 Å². The first-order valence-corrected chi connectivity index (χ1v) is 3.61. The van der Waals surface area contributed by atoms with E-state index in [0.717, 1.165) is 0 Å². The predicted octanol–water partition coefficient (Wildman–Crippen LogP) is -0.354. The number of carbonyl (C=O) groups is 1. The Morgan fingerprint density at radius 1 is 1.67 bits per heavy atom. The molecule has 0 radical (unpaired) electrons. The number of β-amino-alcohol motifs (C(OH)–C–C–N with tert-alkyl or cyclic N) is 1. The smallest absolute Gasteiger partial charge is 0.323 e. The number of carbonyl (C=O) groups excluding carboxylic acids is 1. The van der Waals surface area contributed by atoms with Gasteiger partial charge < -0.3 is 9.84 Å².